The maximum atomic E-state index is 5.21. The Morgan fingerprint density at radius 3 is 1.91 bits per heavy atom. The Kier molecular flexibility index (Phi) is 8.11. The predicted molar refractivity (Wildman–Crippen MR) is 225 cm³/mol. The van der Waals surface area contributed by atoms with E-state index < -0.39 is 0 Å². The van der Waals surface area contributed by atoms with Gasteiger partial charge in [-0.3, -0.25) is 4.98 Å². The van der Waals surface area contributed by atoms with E-state index in [4.69, 9.17) is 9.97 Å². The van der Waals surface area contributed by atoms with Gasteiger partial charge < -0.3 is 0 Å². The van der Waals surface area contributed by atoms with Crippen molar-refractivity contribution in [2.24, 2.45) is 0 Å². The van der Waals surface area contributed by atoms with Gasteiger partial charge in [-0.1, -0.05) is 158 Å². The van der Waals surface area contributed by atoms with E-state index in [9.17, 15) is 0 Å². The van der Waals surface area contributed by atoms with Gasteiger partial charge in [0.25, 0.3) is 0 Å². The van der Waals surface area contributed by atoms with Gasteiger partial charge in [0.1, 0.15) is 0 Å². The van der Waals surface area contributed by atoms with Crippen molar-refractivity contribution in [1.82, 2.24) is 15.0 Å². The van der Waals surface area contributed by atoms with E-state index in [-0.39, 0.29) is 0 Å². The molecule has 8 aromatic rings. The molecule has 2 aliphatic rings. The highest BCUT2D eigenvalue weighted by atomic mass is 14.9. The SMILES string of the molecule is C1=Cc2c(-c3ccc(-c4cc(-c5ccc(-c6cncc7ccccc67)cc5)nc(C5=CCC(c6ccccc6)C=C5)n4)cc3)cc3ccccc3c2CC1. The van der Waals surface area contributed by atoms with Crippen LogP contribution >= 0.6 is 0 Å². The topological polar surface area (TPSA) is 38.7 Å². The number of benzene rings is 6. The monoisotopic (exact) mass is 691 g/mol. The van der Waals surface area contributed by atoms with Crippen LogP contribution in [-0.2, 0) is 6.42 Å². The maximum absolute atomic E-state index is 5.21. The summed E-state index contributed by atoms with van der Waals surface area (Å²) in [6.07, 6.45) is 18.3. The highest BCUT2D eigenvalue weighted by Gasteiger charge is 2.18. The van der Waals surface area contributed by atoms with E-state index in [1.807, 2.05) is 12.4 Å². The smallest absolute Gasteiger partial charge is 0.160 e. The number of aromatic nitrogens is 3. The molecular weight excluding hydrogens is 655 g/mol. The first-order valence-corrected chi connectivity index (χ1v) is 18.8. The average Bonchev–Trinajstić information content (AvgIpc) is 3.26. The molecule has 0 bridgehead atoms. The summed E-state index contributed by atoms with van der Waals surface area (Å²) in [5.74, 6) is 1.09. The molecule has 0 fully saturated rings. The summed E-state index contributed by atoms with van der Waals surface area (Å²) in [5.41, 5.74) is 13.8. The molecule has 0 radical (unpaired) electrons. The molecule has 0 amide bonds. The van der Waals surface area contributed by atoms with Gasteiger partial charge in [-0.05, 0) is 80.9 Å². The molecule has 54 heavy (non-hydrogen) atoms. The first-order chi connectivity index (χ1) is 26.7. The molecule has 6 aromatic carbocycles. The van der Waals surface area contributed by atoms with Crippen LogP contribution in [0.4, 0.5) is 0 Å². The average molecular weight is 692 g/mol. The molecule has 10 rings (SSSR count). The minimum Gasteiger partial charge on any atom is -0.263 e. The van der Waals surface area contributed by atoms with Gasteiger partial charge in [0.05, 0.1) is 11.4 Å². The van der Waals surface area contributed by atoms with Gasteiger partial charge in [-0.2, -0.15) is 0 Å². The normalized spacial score (nSPS) is 15.0. The molecule has 0 N–H and O–H groups in total. The van der Waals surface area contributed by atoms with E-state index >= 15 is 0 Å². The minimum atomic E-state index is 0.344. The molecule has 0 spiro atoms. The lowest BCUT2D eigenvalue weighted by Crippen LogP contribution is -2.03. The van der Waals surface area contributed by atoms with E-state index in [1.54, 1.807) is 0 Å². The lowest BCUT2D eigenvalue weighted by molar-refractivity contribution is 0.854. The van der Waals surface area contributed by atoms with Crippen molar-refractivity contribution < 1.29 is 0 Å². The lowest BCUT2D eigenvalue weighted by atomic mass is 9.85. The molecule has 2 heterocycles. The molecule has 3 nitrogen and oxygen atoms in total. The van der Waals surface area contributed by atoms with Crippen molar-refractivity contribution in [1.29, 1.82) is 0 Å². The van der Waals surface area contributed by atoms with Crippen molar-refractivity contribution in [2.45, 2.75) is 25.2 Å². The van der Waals surface area contributed by atoms with Crippen LogP contribution in [-0.4, -0.2) is 15.0 Å². The van der Waals surface area contributed by atoms with Crippen LogP contribution in [0.1, 0.15) is 41.3 Å². The third-order valence-corrected chi connectivity index (χ3v) is 11.0. The van der Waals surface area contributed by atoms with Gasteiger partial charge in [0.15, 0.2) is 5.82 Å². The summed E-state index contributed by atoms with van der Waals surface area (Å²) in [7, 11) is 0. The van der Waals surface area contributed by atoms with Crippen molar-refractivity contribution >= 4 is 33.2 Å². The van der Waals surface area contributed by atoms with Crippen molar-refractivity contribution in [3.63, 3.8) is 0 Å². The number of fused-ring (bicyclic) bond motifs is 4. The fraction of sp³-hybridized carbons (Fsp3) is 0.0784. The number of nitrogens with zero attached hydrogens (tertiary/aromatic N) is 3. The van der Waals surface area contributed by atoms with Gasteiger partial charge in [0, 0.05) is 46.0 Å². The molecule has 3 heteroatoms. The second-order valence-electron chi connectivity index (χ2n) is 14.3. The zero-order valence-corrected chi connectivity index (χ0v) is 29.9. The maximum Gasteiger partial charge on any atom is 0.160 e. The van der Waals surface area contributed by atoms with Gasteiger partial charge in [0.2, 0.25) is 0 Å². The highest BCUT2D eigenvalue weighted by molar-refractivity contribution is 5.97. The Balaban J connectivity index is 1.04. The highest BCUT2D eigenvalue weighted by Crippen LogP contribution is 2.38. The van der Waals surface area contributed by atoms with Crippen LogP contribution in [0.25, 0.3) is 78.0 Å². The standard InChI is InChI=1S/C51H37N3/c1-2-10-34(11-3-1)35-18-28-40(29-19-35)51-53-49(31-50(54-51)39-26-22-37(23-27-39)48-33-52-32-42-13-5-7-15-44(42)48)38-24-20-36(21-25-38)47-30-41-12-4-6-14-43(41)45-16-8-9-17-46(45)47/h1-7,9-15,17-18,20-33,35H,8,16,19H2. The van der Waals surface area contributed by atoms with Crippen LogP contribution in [0, 0.1) is 0 Å². The fourth-order valence-corrected chi connectivity index (χ4v) is 8.16. The summed E-state index contributed by atoms with van der Waals surface area (Å²) in [6, 6.07) is 50.0. The van der Waals surface area contributed by atoms with Crippen LogP contribution < -0.4 is 0 Å². The third kappa shape index (κ3) is 5.94. The first-order valence-electron chi connectivity index (χ1n) is 18.8. The number of hydrogen-bond donors (Lipinski definition) is 0. The Bertz CT molecular complexity index is 2770. The molecule has 0 saturated carbocycles. The summed E-state index contributed by atoms with van der Waals surface area (Å²) in [6.45, 7) is 0. The number of aryl methyl sites for hydroxylation is 1. The van der Waals surface area contributed by atoms with Crippen molar-refractivity contribution in [3.05, 3.63) is 199 Å². The Hall–Kier alpha value is -6.71. The number of allylic oxidation sites excluding steroid dienone is 5. The quantitative estimate of drug-likeness (QED) is 0.174. The molecular formula is C51H37N3. The number of hydrogen-bond acceptors (Lipinski definition) is 3. The van der Waals surface area contributed by atoms with Crippen LogP contribution in [0.3, 0.4) is 0 Å². The van der Waals surface area contributed by atoms with Gasteiger partial charge >= 0.3 is 0 Å². The Labute approximate surface area is 315 Å². The van der Waals surface area contributed by atoms with Crippen molar-refractivity contribution in [3.8, 4) is 44.8 Å². The zero-order valence-electron chi connectivity index (χ0n) is 29.9. The molecule has 0 saturated heterocycles. The van der Waals surface area contributed by atoms with Crippen LogP contribution in [0.15, 0.2) is 176 Å². The van der Waals surface area contributed by atoms with Gasteiger partial charge in [-0.25, -0.2) is 9.97 Å². The van der Waals surface area contributed by atoms with Crippen LogP contribution in [0.5, 0.6) is 0 Å². The Morgan fingerprint density at radius 2 is 1.19 bits per heavy atom. The second-order valence-corrected chi connectivity index (χ2v) is 14.3. The third-order valence-electron chi connectivity index (χ3n) is 11.0. The first kappa shape index (κ1) is 32.0. The molecule has 256 valence electrons. The molecule has 1 atom stereocenters. The second kappa shape index (κ2) is 13.7. The van der Waals surface area contributed by atoms with Crippen molar-refractivity contribution in [2.75, 3.05) is 0 Å². The zero-order chi connectivity index (χ0) is 35.8. The summed E-state index contributed by atoms with van der Waals surface area (Å²) >= 11 is 0. The van der Waals surface area contributed by atoms with E-state index in [1.165, 1.54) is 44.0 Å². The van der Waals surface area contributed by atoms with Gasteiger partial charge in [-0.15, -0.1) is 0 Å². The molecule has 2 aromatic heterocycles. The number of rotatable bonds is 6. The largest absolute Gasteiger partial charge is 0.263 e. The Morgan fingerprint density at radius 1 is 0.537 bits per heavy atom. The molecule has 1 unspecified atom stereocenters. The minimum absolute atomic E-state index is 0.344. The fourth-order valence-electron chi connectivity index (χ4n) is 8.16. The molecule has 2 aliphatic carbocycles. The number of pyridine rings is 1. The summed E-state index contributed by atoms with van der Waals surface area (Å²) < 4.78 is 0. The summed E-state index contributed by atoms with van der Waals surface area (Å²) in [5, 5.41) is 4.99. The predicted octanol–water partition coefficient (Wildman–Crippen LogP) is 12.9. The summed E-state index contributed by atoms with van der Waals surface area (Å²) in [4.78, 5) is 14.9. The lowest BCUT2D eigenvalue weighted by Gasteiger charge is -2.19. The van der Waals surface area contributed by atoms with Crippen LogP contribution in [0.2, 0.25) is 0 Å². The molecule has 0 aliphatic heterocycles. The van der Waals surface area contributed by atoms with E-state index in [0.717, 1.165) is 69.7 Å². The van der Waals surface area contributed by atoms with E-state index in [2.05, 4.69) is 175 Å². The van der Waals surface area contributed by atoms with E-state index in [0.29, 0.717) is 5.92 Å².